The summed E-state index contributed by atoms with van der Waals surface area (Å²) in [6.07, 6.45) is 0. The van der Waals surface area contributed by atoms with E-state index in [4.69, 9.17) is 5.73 Å². The predicted molar refractivity (Wildman–Crippen MR) is 67.3 cm³/mol. The summed E-state index contributed by atoms with van der Waals surface area (Å²) in [5, 5.41) is 10.7. The third kappa shape index (κ3) is 3.30. The van der Waals surface area contributed by atoms with Crippen LogP contribution in [0, 0.1) is 10.1 Å². The van der Waals surface area contributed by atoms with Crippen LogP contribution in [0.1, 0.15) is 0 Å². The molecule has 0 aliphatic heterocycles. The molecule has 0 atom stereocenters. The molecule has 0 aliphatic rings. The number of anilines is 2. The van der Waals surface area contributed by atoms with Gasteiger partial charge in [0.2, 0.25) is 5.91 Å². The molecule has 98 valence electrons. The molecular weight excluding hydrogens is 238 g/mol. The van der Waals surface area contributed by atoms with Crippen molar-refractivity contribution in [3.05, 3.63) is 22.2 Å². The predicted octanol–water partition coefficient (Wildman–Crippen LogP) is 0.0964. The number of rotatable bonds is 4. The molecule has 0 saturated carbocycles. The summed E-state index contributed by atoms with van der Waals surface area (Å²) in [6, 6.07) is 2.45. The van der Waals surface area contributed by atoms with Crippen LogP contribution < -0.4 is 10.6 Å². The van der Waals surface area contributed by atoms with Gasteiger partial charge in [-0.3, -0.25) is 14.9 Å². The molecule has 1 heterocycles. The fraction of sp³-hybridized carbons (Fsp3) is 0.400. The lowest BCUT2D eigenvalue weighted by Gasteiger charge is -2.20. The van der Waals surface area contributed by atoms with E-state index >= 15 is 0 Å². The Balaban J connectivity index is 2.95. The molecule has 0 spiro atoms. The third-order valence-electron chi connectivity index (χ3n) is 2.29. The number of carbonyl (C=O) groups excluding carboxylic acids is 1. The van der Waals surface area contributed by atoms with Crippen molar-refractivity contribution in [2.45, 2.75) is 0 Å². The van der Waals surface area contributed by atoms with Crippen molar-refractivity contribution < 1.29 is 9.72 Å². The van der Waals surface area contributed by atoms with Gasteiger partial charge in [-0.05, 0) is 0 Å². The van der Waals surface area contributed by atoms with Crippen LogP contribution in [0.25, 0.3) is 0 Å². The lowest BCUT2D eigenvalue weighted by Crippen LogP contribution is -2.34. The van der Waals surface area contributed by atoms with E-state index in [1.165, 1.54) is 21.9 Å². The monoisotopic (exact) mass is 253 g/mol. The highest BCUT2D eigenvalue weighted by molar-refractivity contribution is 5.80. The number of amides is 1. The molecule has 1 aromatic rings. The first kappa shape index (κ1) is 13.7. The largest absolute Gasteiger partial charge is 0.383 e. The van der Waals surface area contributed by atoms with Gasteiger partial charge in [0, 0.05) is 21.1 Å². The molecule has 2 N–H and O–H groups in total. The standard InChI is InChI=1S/C10H15N5O3/c1-13(2)10(16)6-14(3)9-5-7(15(17)18)4-8(11)12-9/h4-5H,6H2,1-3H3,(H2,11,12). The van der Waals surface area contributed by atoms with Gasteiger partial charge in [-0.15, -0.1) is 0 Å². The van der Waals surface area contributed by atoms with Gasteiger partial charge in [0.1, 0.15) is 11.6 Å². The van der Waals surface area contributed by atoms with Crippen molar-refractivity contribution in [1.82, 2.24) is 9.88 Å². The lowest BCUT2D eigenvalue weighted by atomic mass is 10.3. The minimum absolute atomic E-state index is 0.0448. The summed E-state index contributed by atoms with van der Waals surface area (Å²) >= 11 is 0. The Bertz CT molecular complexity index is 475. The number of nitro groups is 1. The van der Waals surface area contributed by atoms with Crippen LogP contribution in [0.4, 0.5) is 17.3 Å². The number of pyridine rings is 1. The van der Waals surface area contributed by atoms with Crippen LogP contribution in [0.2, 0.25) is 0 Å². The molecule has 8 nitrogen and oxygen atoms in total. The second kappa shape index (κ2) is 5.30. The van der Waals surface area contributed by atoms with Crippen molar-refractivity contribution >= 4 is 23.2 Å². The first-order chi connectivity index (χ1) is 8.31. The van der Waals surface area contributed by atoms with Gasteiger partial charge in [0.15, 0.2) is 0 Å². The number of carbonyl (C=O) groups is 1. The second-order valence-corrected chi connectivity index (χ2v) is 4.01. The molecule has 8 heteroatoms. The first-order valence-electron chi connectivity index (χ1n) is 5.14. The minimum atomic E-state index is -0.552. The molecule has 18 heavy (non-hydrogen) atoms. The van der Waals surface area contributed by atoms with Crippen LogP contribution in [0.3, 0.4) is 0 Å². The van der Waals surface area contributed by atoms with Crippen molar-refractivity contribution in [1.29, 1.82) is 0 Å². The number of hydrogen-bond acceptors (Lipinski definition) is 6. The quantitative estimate of drug-likeness (QED) is 0.602. The Kier molecular flexibility index (Phi) is 4.03. The maximum absolute atomic E-state index is 11.5. The average Bonchev–Trinajstić information content (AvgIpc) is 2.27. The highest BCUT2D eigenvalue weighted by Gasteiger charge is 2.15. The van der Waals surface area contributed by atoms with E-state index in [9.17, 15) is 14.9 Å². The van der Waals surface area contributed by atoms with Gasteiger partial charge in [0.25, 0.3) is 5.69 Å². The number of likely N-dealkylation sites (N-methyl/N-ethyl adjacent to an activating group) is 2. The highest BCUT2D eigenvalue weighted by atomic mass is 16.6. The maximum atomic E-state index is 11.5. The first-order valence-corrected chi connectivity index (χ1v) is 5.14. The summed E-state index contributed by atoms with van der Waals surface area (Å²) in [5.41, 5.74) is 5.34. The molecule has 1 amide bonds. The molecule has 0 aliphatic carbocycles. The van der Waals surface area contributed by atoms with Gasteiger partial charge in [-0.2, -0.15) is 0 Å². The Morgan fingerprint density at radius 3 is 2.56 bits per heavy atom. The number of hydrogen-bond donors (Lipinski definition) is 1. The van der Waals surface area contributed by atoms with E-state index < -0.39 is 4.92 Å². The summed E-state index contributed by atoms with van der Waals surface area (Å²) < 4.78 is 0. The molecule has 1 rings (SSSR count). The van der Waals surface area contributed by atoms with Crippen LogP contribution in [-0.4, -0.2) is 48.4 Å². The summed E-state index contributed by atoms with van der Waals surface area (Å²) in [4.78, 5) is 28.5. The lowest BCUT2D eigenvalue weighted by molar-refractivity contribution is -0.384. The number of nitrogens with two attached hydrogens (primary N) is 1. The van der Waals surface area contributed by atoms with E-state index in [1.807, 2.05) is 0 Å². The van der Waals surface area contributed by atoms with Crippen molar-refractivity contribution in [3.63, 3.8) is 0 Å². The second-order valence-electron chi connectivity index (χ2n) is 4.01. The topological polar surface area (TPSA) is 106 Å². The Labute approximate surface area is 104 Å². The van der Waals surface area contributed by atoms with E-state index in [0.717, 1.165) is 0 Å². The smallest absolute Gasteiger partial charge is 0.276 e. The zero-order chi connectivity index (χ0) is 13.9. The normalized spacial score (nSPS) is 9.94. The molecular formula is C10H15N5O3. The Hall–Kier alpha value is -2.38. The van der Waals surface area contributed by atoms with E-state index in [-0.39, 0.29) is 29.8 Å². The minimum Gasteiger partial charge on any atom is -0.383 e. The SMILES string of the molecule is CN(C)C(=O)CN(C)c1cc([N+](=O)[O-])cc(N)n1. The van der Waals surface area contributed by atoms with Gasteiger partial charge in [-0.1, -0.05) is 0 Å². The highest BCUT2D eigenvalue weighted by Crippen LogP contribution is 2.20. The maximum Gasteiger partial charge on any atom is 0.276 e. The number of nitrogens with zero attached hydrogens (tertiary/aromatic N) is 4. The summed E-state index contributed by atoms with van der Waals surface area (Å²) in [7, 11) is 4.88. The van der Waals surface area contributed by atoms with Crippen LogP contribution in [-0.2, 0) is 4.79 Å². The summed E-state index contributed by atoms with van der Waals surface area (Å²) in [5.74, 6) is 0.199. The van der Waals surface area contributed by atoms with Crippen LogP contribution in [0.5, 0.6) is 0 Å². The van der Waals surface area contributed by atoms with Gasteiger partial charge in [0.05, 0.1) is 23.6 Å². The average molecular weight is 253 g/mol. The fourth-order valence-corrected chi connectivity index (χ4v) is 1.25. The molecule has 0 bridgehead atoms. The van der Waals surface area contributed by atoms with Gasteiger partial charge in [-0.25, -0.2) is 4.98 Å². The van der Waals surface area contributed by atoms with Crippen molar-refractivity contribution in [3.8, 4) is 0 Å². The summed E-state index contributed by atoms with van der Waals surface area (Å²) in [6.45, 7) is 0.0700. The molecule has 1 aromatic heterocycles. The van der Waals surface area contributed by atoms with Crippen LogP contribution in [0.15, 0.2) is 12.1 Å². The zero-order valence-corrected chi connectivity index (χ0v) is 10.5. The molecule has 0 saturated heterocycles. The van der Waals surface area contributed by atoms with E-state index in [0.29, 0.717) is 0 Å². The van der Waals surface area contributed by atoms with E-state index in [2.05, 4.69) is 4.98 Å². The molecule has 0 aromatic carbocycles. The van der Waals surface area contributed by atoms with Crippen molar-refractivity contribution in [2.75, 3.05) is 38.3 Å². The molecule has 0 unspecified atom stereocenters. The van der Waals surface area contributed by atoms with Crippen LogP contribution >= 0.6 is 0 Å². The van der Waals surface area contributed by atoms with Crippen molar-refractivity contribution in [2.24, 2.45) is 0 Å². The number of nitrogen functional groups attached to an aromatic ring is 1. The number of aromatic nitrogens is 1. The van der Waals surface area contributed by atoms with E-state index in [1.54, 1.807) is 21.1 Å². The molecule has 0 fully saturated rings. The Morgan fingerprint density at radius 1 is 1.44 bits per heavy atom. The third-order valence-corrected chi connectivity index (χ3v) is 2.29. The zero-order valence-electron chi connectivity index (χ0n) is 10.5. The van der Waals surface area contributed by atoms with Gasteiger partial charge >= 0.3 is 0 Å². The van der Waals surface area contributed by atoms with Gasteiger partial charge < -0.3 is 15.5 Å². The Morgan fingerprint density at radius 2 is 2.06 bits per heavy atom. The fourth-order valence-electron chi connectivity index (χ4n) is 1.25. The molecule has 0 radical (unpaired) electrons.